The van der Waals surface area contributed by atoms with Gasteiger partial charge in [-0.25, -0.2) is 4.98 Å². The third-order valence-electron chi connectivity index (χ3n) is 2.68. The van der Waals surface area contributed by atoms with Crippen molar-refractivity contribution in [1.29, 1.82) is 0 Å². The molecule has 0 N–H and O–H groups in total. The van der Waals surface area contributed by atoms with Crippen LogP contribution in [0.2, 0.25) is 5.15 Å². The smallest absolute Gasteiger partial charge is 0.307 e. The number of methoxy groups -OCH3 is 1. The van der Waals surface area contributed by atoms with Crippen LogP contribution in [-0.2, 0) is 16.0 Å². The Morgan fingerprint density at radius 3 is 2.68 bits per heavy atom. The molecule has 0 radical (unpaired) electrons. The zero-order chi connectivity index (χ0) is 14.4. The summed E-state index contributed by atoms with van der Waals surface area (Å²) in [6, 6.07) is 3.24. The predicted octanol–water partition coefficient (Wildman–Crippen LogP) is 1.93. The van der Waals surface area contributed by atoms with Crippen LogP contribution in [0, 0.1) is 0 Å². The number of amides is 1. The Labute approximate surface area is 117 Å². The molecule has 1 rings (SSSR count). The van der Waals surface area contributed by atoms with Crippen LogP contribution in [0.3, 0.4) is 0 Å². The van der Waals surface area contributed by atoms with Crippen molar-refractivity contribution in [3.05, 3.63) is 28.5 Å². The van der Waals surface area contributed by atoms with Gasteiger partial charge in [-0.2, -0.15) is 0 Å². The molecular weight excluding hydrogens is 268 g/mol. The maximum absolute atomic E-state index is 12.2. The first-order chi connectivity index (χ1) is 8.97. The highest BCUT2D eigenvalue weighted by atomic mass is 35.5. The van der Waals surface area contributed by atoms with E-state index in [1.165, 1.54) is 18.1 Å². The maximum Gasteiger partial charge on any atom is 0.307 e. The maximum atomic E-state index is 12.2. The van der Waals surface area contributed by atoms with Crippen molar-refractivity contribution in [2.75, 3.05) is 20.7 Å². The van der Waals surface area contributed by atoms with E-state index in [0.29, 0.717) is 23.7 Å². The fraction of sp³-hybridized carbons (Fsp3) is 0.462. The number of carbonyl (C=O) groups excluding carboxylic acids is 2. The topological polar surface area (TPSA) is 59.5 Å². The quantitative estimate of drug-likeness (QED) is 0.612. The molecule has 6 heteroatoms. The number of rotatable bonds is 5. The van der Waals surface area contributed by atoms with E-state index in [2.05, 4.69) is 9.72 Å². The molecule has 0 aliphatic heterocycles. The second-order valence-corrected chi connectivity index (χ2v) is 4.46. The minimum absolute atomic E-state index is 0.165. The van der Waals surface area contributed by atoms with Crippen LogP contribution in [0.4, 0.5) is 0 Å². The van der Waals surface area contributed by atoms with Crippen LogP contribution < -0.4 is 0 Å². The van der Waals surface area contributed by atoms with Gasteiger partial charge >= 0.3 is 5.97 Å². The lowest BCUT2D eigenvalue weighted by atomic mass is 10.2. The molecule has 0 atom stereocenters. The SMILES string of the molecule is CCc1cc(C(=O)N(C)CCC(=O)OC)cc(Cl)n1. The van der Waals surface area contributed by atoms with Gasteiger partial charge in [0.2, 0.25) is 0 Å². The number of aryl methyl sites for hydroxylation is 1. The van der Waals surface area contributed by atoms with Crippen molar-refractivity contribution in [1.82, 2.24) is 9.88 Å². The lowest BCUT2D eigenvalue weighted by Crippen LogP contribution is -2.29. The molecule has 1 amide bonds. The summed E-state index contributed by atoms with van der Waals surface area (Å²) in [6.07, 6.45) is 0.866. The molecule has 0 saturated heterocycles. The summed E-state index contributed by atoms with van der Waals surface area (Å²) in [6.45, 7) is 2.24. The molecule has 0 spiro atoms. The number of pyridine rings is 1. The molecule has 19 heavy (non-hydrogen) atoms. The summed E-state index contributed by atoms with van der Waals surface area (Å²) in [5.41, 5.74) is 1.24. The van der Waals surface area contributed by atoms with E-state index in [4.69, 9.17) is 11.6 Å². The summed E-state index contributed by atoms with van der Waals surface area (Å²) in [5, 5.41) is 0.295. The van der Waals surface area contributed by atoms with Crippen LogP contribution in [0.25, 0.3) is 0 Å². The number of nitrogens with zero attached hydrogens (tertiary/aromatic N) is 2. The van der Waals surface area contributed by atoms with Gasteiger partial charge in [0.05, 0.1) is 13.5 Å². The Morgan fingerprint density at radius 1 is 1.42 bits per heavy atom. The second-order valence-electron chi connectivity index (χ2n) is 4.08. The molecule has 0 bridgehead atoms. The van der Waals surface area contributed by atoms with Gasteiger partial charge in [-0.3, -0.25) is 9.59 Å². The number of hydrogen-bond acceptors (Lipinski definition) is 4. The first kappa shape index (κ1) is 15.4. The molecule has 0 unspecified atom stereocenters. The third-order valence-corrected chi connectivity index (χ3v) is 2.88. The number of halogens is 1. The first-order valence-electron chi connectivity index (χ1n) is 5.96. The number of carbonyl (C=O) groups is 2. The van der Waals surface area contributed by atoms with Gasteiger partial charge < -0.3 is 9.64 Å². The number of hydrogen-bond donors (Lipinski definition) is 0. The standard InChI is InChI=1S/C13H17ClN2O3/c1-4-10-7-9(8-11(14)15-10)13(18)16(2)6-5-12(17)19-3/h7-8H,4-6H2,1-3H3. The fourth-order valence-electron chi connectivity index (χ4n) is 1.54. The van der Waals surface area contributed by atoms with Gasteiger partial charge in [-0.05, 0) is 18.6 Å². The highest BCUT2D eigenvalue weighted by Crippen LogP contribution is 2.13. The van der Waals surface area contributed by atoms with E-state index in [0.717, 1.165) is 5.69 Å². The van der Waals surface area contributed by atoms with E-state index in [9.17, 15) is 9.59 Å². The largest absolute Gasteiger partial charge is 0.469 e. The minimum Gasteiger partial charge on any atom is -0.469 e. The van der Waals surface area contributed by atoms with Crippen molar-refractivity contribution in [3.63, 3.8) is 0 Å². The Bertz CT molecular complexity index is 477. The fourth-order valence-corrected chi connectivity index (χ4v) is 1.76. The molecule has 5 nitrogen and oxygen atoms in total. The van der Waals surface area contributed by atoms with E-state index < -0.39 is 0 Å². The van der Waals surface area contributed by atoms with Gasteiger partial charge in [0.15, 0.2) is 0 Å². The first-order valence-corrected chi connectivity index (χ1v) is 6.34. The molecule has 1 heterocycles. The summed E-state index contributed by atoms with van der Waals surface area (Å²) in [4.78, 5) is 28.8. The van der Waals surface area contributed by atoms with Crippen molar-refractivity contribution in [3.8, 4) is 0 Å². The molecule has 0 aliphatic rings. The number of esters is 1. The Hall–Kier alpha value is -1.62. The van der Waals surface area contributed by atoms with Crippen LogP contribution in [0.15, 0.2) is 12.1 Å². The Morgan fingerprint density at radius 2 is 2.11 bits per heavy atom. The molecule has 1 aromatic heterocycles. The molecule has 0 aliphatic carbocycles. The second kappa shape index (κ2) is 7.09. The Kier molecular flexibility index (Phi) is 5.76. The molecular formula is C13H17ClN2O3. The highest BCUT2D eigenvalue weighted by Gasteiger charge is 2.14. The normalized spacial score (nSPS) is 10.1. The average molecular weight is 285 g/mol. The number of aromatic nitrogens is 1. The number of ether oxygens (including phenoxy) is 1. The predicted molar refractivity (Wildman–Crippen MR) is 72.2 cm³/mol. The van der Waals surface area contributed by atoms with E-state index in [1.807, 2.05) is 6.92 Å². The van der Waals surface area contributed by atoms with Crippen molar-refractivity contribution >= 4 is 23.5 Å². The van der Waals surface area contributed by atoms with E-state index in [1.54, 1.807) is 13.1 Å². The lowest BCUT2D eigenvalue weighted by molar-refractivity contribution is -0.140. The third kappa shape index (κ3) is 4.52. The summed E-state index contributed by atoms with van der Waals surface area (Å²) in [5.74, 6) is -0.537. The molecule has 0 aromatic carbocycles. The monoisotopic (exact) mass is 284 g/mol. The van der Waals surface area contributed by atoms with Crippen LogP contribution in [0.5, 0.6) is 0 Å². The molecule has 1 aromatic rings. The van der Waals surface area contributed by atoms with Gasteiger partial charge in [0, 0.05) is 24.8 Å². The van der Waals surface area contributed by atoms with Gasteiger partial charge in [-0.15, -0.1) is 0 Å². The molecule has 0 saturated carbocycles. The lowest BCUT2D eigenvalue weighted by Gasteiger charge is -2.17. The van der Waals surface area contributed by atoms with E-state index in [-0.39, 0.29) is 18.3 Å². The minimum atomic E-state index is -0.346. The summed E-state index contributed by atoms with van der Waals surface area (Å²) >= 11 is 5.87. The summed E-state index contributed by atoms with van der Waals surface area (Å²) in [7, 11) is 2.95. The van der Waals surface area contributed by atoms with E-state index >= 15 is 0 Å². The zero-order valence-electron chi connectivity index (χ0n) is 11.3. The van der Waals surface area contributed by atoms with Crippen molar-refractivity contribution in [2.45, 2.75) is 19.8 Å². The van der Waals surface area contributed by atoms with Crippen LogP contribution >= 0.6 is 11.6 Å². The average Bonchev–Trinajstić information content (AvgIpc) is 2.42. The van der Waals surface area contributed by atoms with Crippen molar-refractivity contribution < 1.29 is 14.3 Å². The summed E-state index contributed by atoms with van der Waals surface area (Å²) < 4.78 is 4.53. The molecule has 104 valence electrons. The zero-order valence-corrected chi connectivity index (χ0v) is 12.0. The van der Waals surface area contributed by atoms with Crippen LogP contribution in [-0.4, -0.2) is 42.5 Å². The van der Waals surface area contributed by atoms with Crippen LogP contribution in [0.1, 0.15) is 29.4 Å². The van der Waals surface area contributed by atoms with Gasteiger partial charge in [-0.1, -0.05) is 18.5 Å². The highest BCUT2D eigenvalue weighted by molar-refractivity contribution is 6.29. The molecule has 0 fully saturated rings. The van der Waals surface area contributed by atoms with Gasteiger partial charge in [0.25, 0.3) is 5.91 Å². The Balaban J connectivity index is 2.76. The van der Waals surface area contributed by atoms with Gasteiger partial charge in [0.1, 0.15) is 5.15 Å². The van der Waals surface area contributed by atoms with Crippen molar-refractivity contribution in [2.24, 2.45) is 0 Å².